The Morgan fingerprint density at radius 1 is 1.35 bits per heavy atom. The number of halogens is 1. The largest absolute Gasteiger partial charge is 0.506 e. The van der Waals surface area contributed by atoms with Crippen molar-refractivity contribution < 1.29 is 5.11 Å². The van der Waals surface area contributed by atoms with Gasteiger partial charge < -0.3 is 15.3 Å². The number of phenolic OH excluding ortho intramolecular Hbond substituents is 1. The first-order valence-electron chi connectivity index (χ1n) is 6.09. The van der Waals surface area contributed by atoms with Crippen LogP contribution in [0.25, 0.3) is 0 Å². The maximum Gasteiger partial charge on any atom is 0.134 e. The van der Waals surface area contributed by atoms with Crippen LogP contribution in [0.3, 0.4) is 0 Å². The summed E-state index contributed by atoms with van der Waals surface area (Å²) in [5, 5.41) is 13.3. The molecule has 0 saturated carbocycles. The summed E-state index contributed by atoms with van der Waals surface area (Å²) >= 11 is 5.89. The number of hydrogen-bond donors (Lipinski definition) is 2. The topological polar surface area (TPSA) is 35.5 Å². The number of nitrogens with one attached hydrogen (secondary N) is 1. The predicted octanol–water partition coefficient (Wildman–Crippen LogP) is 2.94. The Kier molecular flexibility index (Phi) is 4.13. The highest BCUT2D eigenvalue weighted by Gasteiger charge is 2.14. The van der Waals surface area contributed by atoms with Gasteiger partial charge in [-0.05, 0) is 57.6 Å². The van der Waals surface area contributed by atoms with Crippen LogP contribution >= 0.6 is 11.6 Å². The second-order valence-corrected chi connectivity index (χ2v) is 5.15. The van der Waals surface area contributed by atoms with Crippen LogP contribution < -0.4 is 5.32 Å². The lowest BCUT2D eigenvalue weighted by Gasteiger charge is -2.18. The molecule has 4 heteroatoms. The molecule has 1 saturated heterocycles. The molecule has 1 aliphatic rings. The van der Waals surface area contributed by atoms with Crippen molar-refractivity contribution in [2.75, 3.05) is 25.5 Å². The van der Waals surface area contributed by atoms with Crippen LogP contribution in [0, 0.1) is 0 Å². The third-order valence-electron chi connectivity index (χ3n) is 3.27. The van der Waals surface area contributed by atoms with Crippen LogP contribution in [0.4, 0.5) is 5.69 Å². The van der Waals surface area contributed by atoms with Gasteiger partial charge in [0.15, 0.2) is 0 Å². The molecule has 1 heterocycles. The summed E-state index contributed by atoms with van der Waals surface area (Å²) in [7, 11) is 2.17. The molecule has 0 aliphatic carbocycles. The first-order chi connectivity index (χ1) is 8.15. The van der Waals surface area contributed by atoms with E-state index in [0.29, 0.717) is 11.1 Å². The van der Waals surface area contributed by atoms with Crippen molar-refractivity contribution in [2.24, 2.45) is 0 Å². The molecule has 1 aromatic carbocycles. The van der Waals surface area contributed by atoms with Gasteiger partial charge in [0.1, 0.15) is 5.75 Å². The number of phenols is 1. The van der Waals surface area contributed by atoms with E-state index in [1.165, 1.54) is 19.4 Å². The molecule has 1 unspecified atom stereocenters. The van der Waals surface area contributed by atoms with E-state index in [2.05, 4.69) is 17.3 Å². The summed E-state index contributed by atoms with van der Waals surface area (Å²) in [4.78, 5) is 2.37. The average Bonchev–Trinajstić information content (AvgIpc) is 2.49. The minimum atomic E-state index is 0.137. The Morgan fingerprint density at radius 3 is 2.94 bits per heavy atom. The summed E-state index contributed by atoms with van der Waals surface area (Å²) in [5.74, 6) is 0.137. The molecule has 94 valence electrons. The lowest BCUT2D eigenvalue weighted by atomic mass is 10.1. The smallest absolute Gasteiger partial charge is 0.134 e. The standard InChI is InChI=1S/C13H19ClN2O/c1-16-7-2-3-10(6-8-16)15-11-4-5-13(17)12(14)9-11/h4-5,9-10,15,17H,2-3,6-8H2,1H3. The van der Waals surface area contributed by atoms with Gasteiger partial charge in [0.2, 0.25) is 0 Å². The van der Waals surface area contributed by atoms with Crippen LogP contribution in [-0.4, -0.2) is 36.2 Å². The fraction of sp³-hybridized carbons (Fsp3) is 0.538. The lowest BCUT2D eigenvalue weighted by molar-refractivity contribution is 0.348. The fourth-order valence-electron chi connectivity index (χ4n) is 2.22. The highest BCUT2D eigenvalue weighted by atomic mass is 35.5. The molecule has 0 bridgehead atoms. The zero-order chi connectivity index (χ0) is 12.3. The molecule has 1 aromatic rings. The van der Waals surface area contributed by atoms with Crippen molar-refractivity contribution in [3.05, 3.63) is 23.2 Å². The van der Waals surface area contributed by atoms with Gasteiger partial charge in [-0.25, -0.2) is 0 Å². The maximum atomic E-state index is 9.36. The molecule has 1 atom stereocenters. The second-order valence-electron chi connectivity index (χ2n) is 4.74. The number of aromatic hydroxyl groups is 1. The molecule has 2 N–H and O–H groups in total. The van der Waals surface area contributed by atoms with Gasteiger partial charge in [0, 0.05) is 11.7 Å². The summed E-state index contributed by atoms with van der Waals surface area (Å²) in [6.07, 6.45) is 3.55. The van der Waals surface area contributed by atoms with Gasteiger partial charge in [-0.1, -0.05) is 11.6 Å². The number of nitrogens with zero attached hydrogens (tertiary/aromatic N) is 1. The lowest BCUT2D eigenvalue weighted by Crippen LogP contribution is -2.22. The molecule has 0 spiro atoms. The summed E-state index contributed by atoms with van der Waals surface area (Å²) in [5.41, 5.74) is 0.988. The molecular weight excluding hydrogens is 236 g/mol. The van der Waals surface area contributed by atoms with E-state index in [0.717, 1.165) is 18.7 Å². The van der Waals surface area contributed by atoms with E-state index in [4.69, 9.17) is 11.6 Å². The normalized spacial score (nSPS) is 22.1. The van der Waals surface area contributed by atoms with Crippen molar-refractivity contribution in [1.29, 1.82) is 0 Å². The van der Waals surface area contributed by atoms with Crippen LogP contribution in [-0.2, 0) is 0 Å². The van der Waals surface area contributed by atoms with Gasteiger partial charge in [0.05, 0.1) is 5.02 Å². The Balaban J connectivity index is 1.97. The fourth-order valence-corrected chi connectivity index (χ4v) is 2.40. The van der Waals surface area contributed by atoms with Crippen LogP contribution in [0.15, 0.2) is 18.2 Å². The van der Waals surface area contributed by atoms with Crippen LogP contribution in [0.2, 0.25) is 5.02 Å². The first kappa shape index (κ1) is 12.5. The van der Waals surface area contributed by atoms with E-state index in [-0.39, 0.29) is 5.75 Å². The second kappa shape index (κ2) is 5.61. The van der Waals surface area contributed by atoms with E-state index >= 15 is 0 Å². The van der Waals surface area contributed by atoms with Gasteiger partial charge in [-0.2, -0.15) is 0 Å². The van der Waals surface area contributed by atoms with E-state index < -0.39 is 0 Å². The SMILES string of the molecule is CN1CCCC(Nc2ccc(O)c(Cl)c2)CC1. The molecule has 17 heavy (non-hydrogen) atoms. The number of likely N-dealkylation sites (tertiary alicyclic amines) is 1. The van der Waals surface area contributed by atoms with E-state index in [9.17, 15) is 5.11 Å². The van der Waals surface area contributed by atoms with Gasteiger partial charge in [-0.15, -0.1) is 0 Å². The van der Waals surface area contributed by atoms with Crippen molar-refractivity contribution in [2.45, 2.75) is 25.3 Å². The summed E-state index contributed by atoms with van der Waals surface area (Å²) in [6.45, 7) is 2.30. The predicted molar refractivity (Wildman–Crippen MR) is 71.9 cm³/mol. The van der Waals surface area contributed by atoms with E-state index in [1.54, 1.807) is 12.1 Å². The van der Waals surface area contributed by atoms with Crippen molar-refractivity contribution >= 4 is 17.3 Å². The minimum absolute atomic E-state index is 0.137. The van der Waals surface area contributed by atoms with Gasteiger partial charge in [-0.3, -0.25) is 0 Å². The molecule has 0 radical (unpaired) electrons. The third-order valence-corrected chi connectivity index (χ3v) is 3.57. The van der Waals surface area contributed by atoms with Crippen molar-refractivity contribution in [1.82, 2.24) is 4.90 Å². The molecule has 1 aliphatic heterocycles. The summed E-state index contributed by atoms with van der Waals surface area (Å²) in [6, 6.07) is 5.79. The molecule has 3 nitrogen and oxygen atoms in total. The minimum Gasteiger partial charge on any atom is -0.506 e. The van der Waals surface area contributed by atoms with Crippen LogP contribution in [0.5, 0.6) is 5.75 Å². The maximum absolute atomic E-state index is 9.36. The van der Waals surface area contributed by atoms with Gasteiger partial charge >= 0.3 is 0 Å². The Bertz CT molecular complexity index is 384. The summed E-state index contributed by atoms with van der Waals surface area (Å²) < 4.78 is 0. The zero-order valence-corrected chi connectivity index (χ0v) is 10.9. The number of anilines is 1. The van der Waals surface area contributed by atoms with Crippen molar-refractivity contribution in [3.63, 3.8) is 0 Å². The monoisotopic (exact) mass is 254 g/mol. The zero-order valence-electron chi connectivity index (χ0n) is 10.1. The third kappa shape index (κ3) is 3.51. The highest BCUT2D eigenvalue weighted by Crippen LogP contribution is 2.27. The molecule has 2 rings (SSSR count). The quantitative estimate of drug-likeness (QED) is 0.797. The Labute approximate surface area is 107 Å². The molecule has 1 fully saturated rings. The van der Waals surface area contributed by atoms with E-state index in [1.807, 2.05) is 6.07 Å². The Morgan fingerprint density at radius 2 is 2.18 bits per heavy atom. The first-order valence-corrected chi connectivity index (χ1v) is 6.46. The number of rotatable bonds is 2. The van der Waals surface area contributed by atoms with Crippen molar-refractivity contribution in [3.8, 4) is 5.75 Å². The molecule has 0 aromatic heterocycles. The van der Waals surface area contributed by atoms with Crippen LogP contribution in [0.1, 0.15) is 19.3 Å². The molecular formula is C13H19ClN2O. The van der Waals surface area contributed by atoms with Gasteiger partial charge in [0.25, 0.3) is 0 Å². The molecule has 0 amide bonds. The number of benzene rings is 1. The number of hydrogen-bond acceptors (Lipinski definition) is 3. The average molecular weight is 255 g/mol. The Hall–Kier alpha value is -0.930. The highest BCUT2D eigenvalue weighted by molar-refractivity contribution is 6.32.